The van der Waals surface area contributed by atoms with Crippen molar-refractivity contribution in [1.82, 2.24) is 0 Å². The first-order valence-electron chi connectivity index (χ1n) is 3.92. The van der Waals surface area contributed by atoms with E-state index in [4.69, 9.17) is 5.14 Å². The van der Waals surface area contributed by atoms with Gasteiger partial charge >= 0.3 is 0 Å². The van der Waals surface area contributed by atoms with Crippen molar-refractivity contribution in [3.8, 4) is 0 Å². The Hall–Kier alpha value is -0.230. The molecule has 0 heterocycles. The summed E-state index contributed by atoms with van der Waals surface area (Å²) in [5.74, 6) is -5.32. The zero-order valence-electron chi connectivity index (χ0n) is 7.92. The molecule has 0 rings (SSSR count). The van der Waals surface area contributed by atoms with Crippen LogP contribution in [0, 0.1) is 11.8 Å². The van der Waals surface area contributed by atoms with Crippen molar-refractivity contribution in [1.29, 1.82) is 0 Å². The van der Waals surface area contributed by atoms with Crippen LogP contribution in [0.25, 0.3) is 0 Å². The molecule has 0 radical (unpaired) electrons. The fourth-order valence-corrected chi connectivity index (χ4v) is 2.35. The highest BCUT2D eigenvalue weighted by atomic mass is 32.2. The van der Waals surface area contributed by atoms with E-state index >= 15 is 0 Å². The standard InChI is InChI=1S/C7H15F2NO2S/c1-5(2)6(7(3,8)9)4-13(10,11)12/h5-6H,4H2,1-3H3,(H2,10,11,12). The first kappa shape index (κ1) is 12.8. The van der Waals surface area contributed by atoms with Crippen molar-refractivity contribution in [2.45, 2.75) is 26.7 Å². The quantitative estimate of drug-likeness (QED) is 0.766. The van der Waals surface area contributed by atoms with Crippen molar-refractivity contribution < 1.29 is 17.2 Å². The fraction of sp³-hybridized carbons (Fsp3) is 1.00. The summed E-state index contributed by atoms with van der Waals surface area (Å²) in [4.78, 5) is 0. The first-order chi connectivity index (χ1) is 5.54. The fourth-order valence-electron chi connectivity index (χ4n) is 1.17. The Labute approximate surface area is 77.4 Å². The molecule has 0 spiro atoms. The maximum atomic E-state index is 12.8. The van der Waals surface area contributed by atoms with E-state index in [-0.39, 0.29) is 0 Å². The van der Waals surface area contributed by atoms with Crippen LogP contribution in [0.4, 0.5) is 8.78 Å². The van der Waals surface area contributed by atoms with Gasteiger partial charge in [-0.1, -0.05) is 13.8 Å². The second-order valence-electron chi connectivity index (χ2n) is 3.64. The molecule has 0 fully saturated rings. The van der Waals surface area contributed by atoms with E-state index in [0.29, 0.717) is 6.92 Å². The summed E-state index contributed by atoms with van der Waals surface area (Å²) in [6, 6.07) is 0. The highest BCUT2D eigenvalue weighted by Crippen LogP contribution is 2.30. The molecular weight excluding hydrogens is 200 g/mol. The van der Waals surface area contributed by atoms with Gasteiger partial charge in [0.1, 0.15) is 0 Å². The van der Waals surface area contributed by atoms with Gasteiger partial charge in [0, 0.05) is 5.92 Å². The van der Waals surface area contributed by atoms with Crippen molar-refractivity contribution >= 4 is 10.0 Å². The van der Waals surface area contributed by atoms with E-state index in [1.807, 2.05) is 0 Å². The zero-order valence-corrected chi connectivity index (χ0v) is 8.74. The van der Waals surface area contributed by atoms with Crippen LogP contribution in [-0.4, -0.2) is 20.1 Å². The normalized spacial score (nSPS) is 16.2. The monoisotopic (exact) mass is 215 g/mol. The Morgan fingerprint density at radius 3 is 1.85 bits per heavy atom. The van der Waals surface area contributed by atoms with E-state index in [0.717, 1.165) is 0 Å². The third-order valence-electron chi connectivity index (χ3n) is 1.87. The van der Waals surface area contributed by atoms with Gasteiger partial charge in [0.2, 0.25) is 15.9 Å². The van der Waals surface area contributed by atoms with Crippen LogP contribution < -0.4 is 5.14 Å². The second-order valence-corrected chi connectivity index (χ2v) is 5.30. The van der Waals surface area contributed by atoms with E-state index in [1.54, 1.807) is 13.8 Å². The second kappa shape index (κ2) is 3.88. The number of primary sulfonamides is 1. The first-order valence-corrected chi connectivity index (χ1v) is 5.64. The van der Waals surface area contributed by atoms with Gasteiger partial charge in [0.15, 0.2) is 0 Å². The molecule has 0 aromatic carbocycles. The molecule has 13 heavy (non-hydrogen) atoms. The van der Waals surface area contributed by atoms with Crippen LogP contribution in [0.2, 0.25) is 0 Å². The van der Waals surface area contributed by atoms with Crippen LogP contribution in [0.15, 0.2) is 0 Å². The van der Waals surface area contributed by atoms with Gasteiger partial charge in [-0.3, -0.25) is 0 Å². The van der Waals surface area contributed by atoms with Crippen molar-refractivity contribution in [3.05, 3.63) is 0 Å². The third-order valence-corrected chi connectivity index (χ3v) is 2.69. The molecule has 0 saturated carbocycles. The van der Waals surface area contributed by atoms with Crippen LogP contribution in [0.1, 0.15) is 20.8 Å². The van der Waals surface area contributed by atoms with Crippen LogP contribution in [0.5, 0.6) is 0 Å². The summed E-state index contributed by atoms with van der Waals surface area (Å²) in [5, 5.41) is 4.71. The zero-order chi connectivity index (χ0) is 10.9. The molecule has 0 aliphatic rings. The predicted octanol–water partition coefficient (Wildman–Crippen LogP) is 1.20. The molecule has 0 bridgehead atoms. The highest BCUT2D eigenvalue weighted by molar-refractivity contribution is 7.89. The third kappa shape index (κ3) is 5.15. The number of hydrogen-bond donors (Lipinski definition) is 1. The van der Waals surface area contributed by atoms with Crippen LogP contribution in [-0.2, 0) is 10.0 Å². The van der Waals surface area contributed by atoms with Gasteiger partial charge in [-0.15, -0.1) is 0 Å². The number of rotatable bonds is 4. The molecule has 1 unspecified atom stereocenters. The Morgan fingerprint density at radius 1 is 1.38 bits per heavy atom. The number of hydrogen-bond acceptors (Lipinski definition) is 2. The lowest BCUT2D eigenvalue weighted by atomic mass is 9.92. The average molecular weight is 215 g/mol. The van der Waals surface area contributed by atoms with E-state index in [1.165, 1.54) is 0 Å². The molecule has 2 N–H and O–H groups in total. The molecule has 0 aliphatic heterocycles. The molecule has 6 heteroatoms. The maximum Gasteiger partial charge on any atom is 0.249 e. The molecule has 0 saturated heterocycles. The Bertz CT molecular complexity index is 256. The predicted molar refractivity (Wildman–Crippen MR) is 46.9 cm³/mol. The van der Waals surface area contributed by atoms with Crippen LogP contribution in [0.3, 0.4) is 0 Å². The lowest BCUT2D eigenvalue weighted by molar-refractivity contribution is -0.0479. The number of nitrogens with two attached hydrogens (primary N) is 1. The highest BCUT2D eigenvalue weighted by Gasteiger charge is 2.38. The molecule has 0 aromatic heterocycles. The number of sulfonamides is 1. The maximum absolute atomic E-state index is 12.8. The summed E-state index contributed by atoms with van der Waals surface area (Å²) >= 11 is 0. The lowest BCUT2D eigenvalue weighted by Crippen LogP contribution is -2.37. The van der Waals surface area contributed by atoms with Crippen LogP contribution >= 0.6 is 0 Å². The van der Waals surface area contributed by atoms with Gasteiger partial charge in [-0.2, -0.15) is 0 Å². The van der Waals surface area contributed by atoms with Gasteiger partial charge < -0.3 is 0 Å². The molecule has 3 nitrogen and oxygen atoms in total. The minimum atomic E-state index is -3.83. The summed E-state index contributed by atoms with van der Waals surface area (Å²) < 4.78 is 47.0. The summed E-state index contributed by atoms with van der Waals surface area (Å²) in [5.41, 5.74) is 0. The summed E-state index contributed by atoms with van der Waals surface area (Å²) in [7, 11) is -3.83. The molecule has 1 atom stereocenters. The number of alkyl halides is 2. The van der Waals surface area contributed by atoms with E-state index in [2.05, 4.69) is 0 Å². The van der Waals surface area contributed by atoms with Gasteiger partial charge in [0.05, 0.1) is 5.75 Å². The van der Waals surface area contributed by atoms with Crippen molar-refractivity contribution in [2.75, 3.05) is 5.75 Å². The minimum absolute atomic E-state index is 0.418. The summed E-state index contributed by atoms with van der Waals surface area (Å²) in [6.07, 6.45) is 0. The minimum Gasteiger partial charge on any atom is -0.229 e. The summed E-state index contributed by atoms with van der Waals surface area (Å²) in [6.45, 7) is 3.81. The SMILES string of the molecule is CC(C)C(CS(N)(=O)=O)C(C)(F)F. The van der Waals surface area contributed by atoms with Gasteiger partial charge in [0.25, 0.3) is 0 Å². The number of halogens is 2. The molecular formula is C7H15F2NO2S. The average Bonchev–Trinajstić information content (AvgIpc) is 1.77. The van der Waals surface area contributed by atoms with Gasteiger partial charge in [-0.25, -0.2) is 22.3 Å². The smallest absolute Gasteiger partial charge is 0.229 e. The Balaban J connectivity index is 4.66. The topological polar surface area (TPSA) is 60.2 Å². The molecule has 80 valence electrons. The Kier molecular flexibility index (Phi) is 3.81. The largest absolute Gasteiger partial charge is 0.249 e. The lowest BCUT2D eigenvalue weighted by Gasteiger charge is -2.25. The molecule has 0 amide bonds. The molecule has 0 aromatic rings. The van der Waals surface area contributed by atoms with Gasteiger partial charge in [-0.05, 0) is 12.8 Å². The molecule has 0 aliphatic carbocycles. The van der Waals surface area contributed by atoms with E-state index in [9.17, 15) is 17.2 Å². The van der Waals surface area contributed by atoms with E-state index < -0.39 is 33.5 Å². The Morgan fingerprint density at radius 2 is 1.77 bits per heavy atom. The van der Waals surface area contributed by atoms with Crippen molar-refractivity contribution in [2.24, 2.45) is 17.0 Å². The van der Waals surface area contributed by atoms with Crippen molar-refractivity contribution in [3.63, 3.8) is 0 Å².